The summed E-state index contributed by atoms with van der Waals surface area (Å²) < 4.78 is 0. The molecule has 0 spiro atoms. The standard InChI is InChI=1S/C11H8Cl3NS/c12-7-2-1-6(5-9(7)14)10(15)11-8(13)3-4-16-11/h1-5,10H,15H2. The van der Waals surface area contributed by atoms with Gasteiger partial charge in [-0.2, -0.15) is 0 Å². The number of rotatable bonds is 2. The molecule has 16 heavy (non-hydrogen) atoms. The number of hydrogen-bond donors (Lipinski definition) is 1. The van der Waals surface area contributed by atoms with Gasteiger partial charge in [-0.15, -0.1) is 11.3 Å². The predicted octanol–water partition coefficient (Wildman–Crippen LogP) is 4.76. The van der Waals surface area contributed by atoms with Gasteiger partial charge in [0.2, 0.25) is 0 Å². The maximum Gasteiger partial charge on any atom is 0.0661 e. The van der Waals surface area contributed by atoms with Gasteiger partial charge < -0.3 is 5.73 Å². The van der Waals surface area contributed by atoms with Crippen molar-refractivity contribution in [2.45, 2.75) is 6.04 Å². The largest absolute Gasteiger partial charge is 0.320 e. The third-order valence-electron chi connectivity index (χ3n) is 2.23. The summed E-state index contributed by atoms with van der Waals surface area (Å²) in [6.07, 6.45) is 0. The van der Waals surface area contributed by atoms with Crippen LogP contribution in [0.2, 0.25) is 15.1 Å². The molecule has 5 heteroatoms. The summed E-state index contributed by atoms with van der Waals surface area (Å²) in [4.78, 5) is 0.931. The van der Waals surface area contributed by atoms with Crippen molar-refractivity contribution in [3.8, 4) is 0 Å². The van der Waals surface area contributed by atoms with E-state index in [1.54, 1.807) is 12.1 Å². The first-order valence-electron chi connectivity index (χ1n) is 4.53. The number of nitrogens with two attached hydrogens (primary N) is 1. The second-order valence-electron chi connectivity index (χ2n) is 3.28. The Morgan fingerprint density at radius 1 is 1.00 bits per heavy atom. The van der Waals surface area contributed by atoms with E-state index in [0.29, 0.717) is 15.1 Å². The summed E-state index contributed by atoms with van der Waals surface area (Å²) >= 11 is 19.3. The quantitative estimate of drug-likeness (QED) is 0.849. The summed E-state index contributed by atoms with van der Waals surface area (Å²) in [7, 11) is 0. The van der Waals surface area contributed by atoms with Crippen LogP contribution in [-0.2, 0) is 0 Å². The first-order valence-corrected chi connectivity index (χ1v) is 6.54. The lowest BCUT2D eigenvalue weighted by molar-refractivity contribution is 0.894. The summed E-state index contributed by atoms with van der Waals surface area (Å²) in [5, 5.41) is 3.62. The minimum atomic E-state index is -0.262. The van der Waals surface area contributed by atoms with Crippen LogP contribution in [0.4, 0.5) is 0 Å². The van der Waals surface area contributed by atoms with E-state index in [-0.39, 0.29) is 6.04 Å². The van der Waals surface area contributed by atoms with Crippen LogP contribution in [0, 0.1) is 0 Å². The molecule has 2 N–H and O–H groups in total. The van der Waals surface area contributed by atoms with E-state index in [2.05, 4.69) is 0 Å². The van der Waals surface area contributed by atoms with E-state index in [9.17, 15) is 0 Å². The van der Waals surface area contributed by atoms with Gasteiger partial charge in [0.15, 0.2) is 0 Å². The molecule has 0 bridgehead atoms. The van der Waals surface area contributed by atoms with Crippen molar-refractivity contribution >= 4 is 46.1 Å². The Balaban J connectivity index is 2.38. The van der Waals surface area contributed by atoms with Crippen LogP contribution in [0.5, 0.6) is 0 Å². The highest BCUT2D eigenvalue weighted by molar-refractivity contribution is 7.10. The fourth-order valence-electron chi connectivity index (χ4n) is 1.38. The SMILES string of the molecule is NC(c1ccc(Cl)c(Cl)c1)c1sccc1Cl. The Morgan fingerprint density at radius 2 is 1.75 bits per heavy atom. The van der Waals surface area contributed by atoms with Crippen LogP contribution in [0.1, 0.15) is 16.5 Å². The number of thiophene rings is 1. The van der Waals surface area contributed by atoms with Crippen LogP contribution < -0.4 is 5.73 Å². The molecule has 1 aromatic heterocycles. The third kappa shape index (κ3) is 2.36. The molecule has 2 aromatic rings. The first-order chi connectivity index (χ1) is 7.59. The maximum absolute atomic E-state index is 6.10. The van der Waals surface area contributed by atoms with Gasteiger partial charge in [0.25, 0.3) is 0 Å². The Labute approximate surface area is 113 Å². The van der Waals surface area contributed by atoms with Crippen LogP contribution in [0.3, 0.4) is 0 Å². The van der Waals surface area contributed by atoms with Gasteiger partial charge in [0.1, 0.15) is 0 Å². The smallest absolute Gasteiger partial charge is 0.0661 e. The lowest BCUT2D eigenvalue weighted by Gasteiger charge is -2.11. The monoisotopic (exact) mass is 291 g/mol. The molecule has 1 unspecified atom stereocenters. The Hall–Kier alpha value is -0.250. The zero-order valence-electron chi connectivity index (χ0n) is 8.08. The fourth-order valence-corrected chi connectivity index (χ4v) is 2.89. The van der Waals surface area contributed by atoms with Crippen molar-refractivity contribution in [1.29, 1.82) is 0 Å². The van der Waals surface area contributed by atoms with Crippen molar-refractivity contribution in [1.82, 2.24) is 0 Å². The predicted molar refractivity (Wildman–Crippen MR) is 71.8 cm³/mol. The average molecular weight is 293 g/mol. The van der Waals surface area contributed by atoms with Gasteiger partial charge in [0, 0.05) is 4.88 Å². The molecule has 0 fully saturated rings. The number of hydrogen-bond acceptors (Lipinski definition) is 2. The van der Waals surface area contributed by atoms with Gasteiger partial charge in [-0.05, 0) is 29.1 Å². The summed E-state index contributed by atoms with van der Waals surface area (Å²) in [5.74, 6) is 0. The van der Waals surface area contributed by atoms with Crippen LogP contribution in [0.15, 0.2) is 29.6 Å². The van der Waals surface area contributed by atoms with Crippen molar-refractivity contribution in [2.24, 2.45) is 5.73 Å². The van der Waals surface area contributed by atoms with Crippen molar-refractivity contribution in [2.75, 3.05) is 0 Å². The summed E-state index contributed by atoms with van der Waals surface area (Å²) in [6, 6.07) is 6.93. The highest BCUT2D eigenvalue weighted by Gasteiger charge is 2.14. The molecule has 0 saturated carbocycles. The maximum atomic E-state index is 6.10. The molecule has 0 aliphatic carbocycles. The molecular weight excluding hydrogens is 285 g/mol. The fraction of sp³-hybridized carbons (Fsp3) is 0.0909. The topological polar surface area (TPSA) is 26.0 Å². The van der Waals surface area contributed by atoms with Crippen LogP contribution in [-0.4, -0.2) is 0 Å². The Kier molecular flexibility index (Phi) is 3.77. The normalized spacial score (nSPS) is 12.8. The molecule has 1 nitrogen and oxygen atoms in total. The molecule has 0 aliphatic heterocycles. The lowest BCUT2D eigenvalue weighted by Crippen LogP contribution is -2.10. The minimum absolute atomic E-state index is 0.262. The summed E-state index contributed by atoms with van der Waals surface area (Å²) in [6.45, 7) is 0. The van der Waals surface area contributed by atoms with Gasteiger partial charge in [-0.1, -0.05) is 40.9 Å². The van der Waals surface area contributed by atoms with E-state index in [1.807, 2.05) is 17.5 Å². The molecule has 0 aliphatic rings. The minimum Gasteiger partial charge on any atom is -0.320 e. The molecule has 84 valence electrons. The first kappa shape index (κ1) is 12.2. The van der Waals surface area contributed by atoms with Crippen LogP contribution >= 0.6 is 46.1 Å². The van der Waals surface area contributed by atoms with Gasteiger partial charge in [-0.25, -0.2) is 0 Å². The zero-order chi connectivity index (χ0) is 11.7. The second kappa shape index (κ2) is 4.94. The molecule has 0 saturated heterocycles. The molecule has 0 amide bonds. The Bertz CT molecular complexity index is 510. The highest BCUT2D eigenvalue weighted by Crippen LogP contribution is 2.33. The zero-order valence-corrected chi connectivity index (χ0v) is 11.2. The van der Waals surface area contributed by atoms with Gasteiger partial charge in [0.05, 0.1) is 21.1 Å². The van der Waals surface area contributed by atoms with E-state index in [0.717, 1.165) is 10.4 Å². The van der Waals surface area contributed by atoms with Gasteiger partial charge in [-0.3, -0.25) is 0 Å². The number of halogens is 3. The number of benzene rings is 1. The van der Waals surface area contributed by atoms with Crippen molar-refractivity contribution in [3.63, 3.8) is 0 Å². The molecule has 1 aromatic carbocycles. The molecular formula is C11H8Cl3NS. The molecule has 1 atom stereocenters. The van der Waals surface area contributed by atoms with Gasteiger partial charge >= 0.3 is 0 Å². The van der Waals surface area contributed by atoms with E-state index in [4.69, 9.17) is 40.5 Å². The summed E-state index contributed by atoms with van der Waals surface area (Å²) in [5.41, 5.74) is 7.01. The average Bonchev–Trinajstić information content (AvgIpc) is 2.67. The Morgan fingerprint density at radius 3 is 2.31 bits per heavy atom. The molecule has 2 rings (SSSR count). The van der Waals surface area contributed by atoms with Crippen molar-refractivity contribution in [3.05, 3.63) is 55.2 Å². The highest BCUT2D eigenvalue weighted by atomic mass is 35.5. The lowest BCUT2D eigenvalue weighted by atomic mass is 10.1. The molecule has 1 heterocycles. The van der Waals surface area contributed by atoms with E-state index < -0.39 is 0 Å². The van der Waals surface area contributed by atoms with Crippen molar-refractivity contribution < 1.29 is 0 Å². The third-order valence-corrected chi connectivity index (χ3v) is 4.41. The second-order valence-corrected chi connectivity index (χ2v) is 5.45. The molecule has 0 radical (unpaired) electrons. The van der Waals surface area contributed by atoms with Crippen LogP contribution in [0.25, 0.3) is 0 Å². The van der Waals surface area contributed by atoms with E-state index in [1.165, 1.54) is 11.3 Å². The van der Waals surface area contributed by atoms with E-state index >= 15 is 0 Å².